The summed E-state index contributed by atoms with van der Waals surface area (Å²) in [5.74, 6) is -0.200. The molecule has 3 rings (SSSR count). The molecule has 0 radical (unpaired) electrons. The van der Waals surface area contributed by atoms with Gasteiger partial charge in [0.05, 0.1) is 24.5 Å². The molecule has 0 saturated heterocycles. The van der Waals surface area contributed by atoms with Gasteiger partial charge in [0.25, 0.3) is 5.91 Å². The third kappa shape index (κ3) is 3.22. The smallest absolute Gasteiger partial charge is 0.273 e. The molecule has 1 aromatic carbocycles. The molecule has 0 aliphatic carbocycles. The second-order valence-corrected chi connectivity index (χ2v) is 6.35. The number of rotatable bonds is 5. The topological polar surface area (TPSA) is 71.2 Å². The minimum absolute atomic E-state index is 0.0803. The summed E-state index contributed by atoms with van der Waals surface area (Å²) in [7, 11) is 1.66. The van der Waals surface area contributed by atoms with Gasteiger partial charge >= 0.3 is 0 Å². The highest BCUT2D eigenvalue weighted by Gasteiger charge is 2.20. The molecule has 1 atom stereocenters. The number of carbonyl (C=O) groups is 1. The normalized spacial score (nSPS) is 12.1. The summed E-state index contributed by atoms with van der Waals surface area (Å²) in [5.41, 5.74) is 2.21. The zero-order chi connectivity index (χ0) is 17.1. The lowest BCUT2D eigenvalue weighted by atomic mass is 10.3. The first-order valence-electron chi connectivity index (χ1n) is 7.54. The monoisotopic (exact) mass is 342 g/mol. The van der Waals surface area contributed by atoms with E-state index >= 15 is 0 Å². The molecule has 1 N–H and O–H groups in total. The highest BCUT2D eigenvalue weighted by Crippen LogP contribution is 2.24. The van der Waals surface area contributed by atoms with Crippen molar-refractivity contribution in [1.29, 1.82) is 0 Å². The Hall–Kier alpha value is -2.51. The van der Waals surface area contributed by atoms with Gasteiger partial charge in [-0.05, 0) is 19.1 Å². The molecule has 6 nitrogen and oxygen atoms in total. The average molecular weight is 342 g/mol. The first-order chi connectivity index (χ1) is 11.6. The average Bonchev–Trinajstić information content (AvgIpc) is 3.29. The van der Waals surface area contributed by atoms with E-state index in [2.05, 4.69) is 10.1 Å². The number of aromatic nitrogens is 3. The Kier molecular flexibility index (Phi) is 4.73. The summed E-state index contributed by atoms with van der Waals surface area (Å²) in [6, 6.07) is 9.56. The highest BCUT2D eigenvalue weighted by molar-refractivity contribution is 7.13. The van der Waals surface area contributed by atoms with Crippen LogP contribution in [0.15, 0.2) is 48.1 Å². The number of benzene rings is 1. The predicted molar refractivity (Wildman–Crippen MR) is 93.3 cm³/mol. The van der Waals surface area contributed by atoms with Crippen LogP contribution >= 0.6 is 11.3 Å². The number of aliphatic hydroxyl groups is 1. The maximum Gasteiger partial charge on any atom is 0.273 e. The SMILES string of the molecule is CC(CO)N(C)C(=O)c1csc(-c2cnn(-c3ccccc3)c2)n1. The summed E-state index contributed by atoms with van der Waals surface area (Å²) in [5, 5.41) is 16.0. The number of hydrogen-bond donors (Lipinski definition) is 1. The fourth-order valence-electron chi connectivity index (χ4n) is 2.16. The number of carbonyl (C=O) groups excluding carboxylic acids is 1. The summed E-state index contributed by atoms with van der Waals surface area (Å²) < 4.78 is 1.78. The number of nitrogens with zero attached hydrogens (tertiary/aromatic N) is 4. The van der Waals surface area contributed by atoms with Crippen LogP contribution in [-0.4, -0.2) is 50.4 Å². The maximum atomic E-state index is 12.4. The minimum Gasteiger partial charge on any atom is -0.394 e. The van der Waals surface area contributed by atoms with Crippen molar-refractivity contribution in [3.8, 4) is 16.3 Å². The second kappa shape index (κ2) is 6.94. The molecule has 1 amide bonds. The summed E-state index contributed by atoms with van der Waals surface area (Å²) in [4.78, 5) is 18.3. The van der Waals surface area contributed by atoms with E-state index < -0.39 is 0 Å². The first-order valence-corrected chi connectivity index (χ1v) is 8.42. The van der Waals surface area contributed by atoms with Gasteiger partial charge in [0.15, 0.2) is 0 Å². The zero-order valence-electron chi connectivity index (χ0n) is 13.5. The van der Waals surface area contributed by atoms with Crippen molar-refractivity contribution >= 4 is 17.2 Å². The molecule has 0 aliphatic heterocycles. The van der Waals surface area contributed by atoms with Crippen LogP contribution in [0.2, 0.25) is 0 Å². The molecule has 24 heavy (non-hydrogen) atoms. The molecular weight excluding hydrogens is 324 g/mol. The van der Waals surface area contributed by atoms with E-state index in [1.165, 1.54) is 16.2 Å². The second-order valence-electron chi connectivity index (χ2n) is 5.49. The van der Waals surface area contributed by atoms with Gasteiger partial charge < -0.3 is 10.0 Å². The van der Waals surface area contributed by atoms with Gasteiger partial charge in [0, 0.05) is 24.2 Å². The Morgan fingerprint density at radius 3 is 2.83 bits per heavy atom. The van der Waals surface area contributed by atoms with Crippen LogP contribution in [0.5, 0.6) is 0 Å². The van der Waals surface area contributed by atoms with Gasteiger partial charge in [-0.3, -0.25) is 4.79 Å². The van der Waals surface area contributed by atoms with Crippen molar-refractivity contribution in [2.75, 3.05) is 13.7 Å². The number of thiazole rings is 1. The Morgan fingerprint density at radius 2 is 2.12 bits per heavy atom. The van der Waals surface area contributed by atoms with Gasteiger partial charge in [-0.1, -0.05) is 18.2 Å². The van der Waals surface area contributed by atoms with Crippen molar-refractivity contribution in [3.63, 3.8) is 0 Å². The van der Waals surface area contributed by atoms with Crippen LogP contribution in [-0.2, 0) is 0 Å². The van der Waals surface area contributed by atoms with Gasteiger partial charge in [0.2, 0.25) is 0 Å². The van der Waals surface area contributed by atoms with Crippen LogP contribution in [0.25, 0.3) is 16.3 Å². The molecule has 0 spiro atoms. The lowest BCUT2D eigenvalue weighted by Gasteiger charge is -2.21. The first kappa shape index (κ1) is 16.4. The third-order valence-electron chi connectivity index (χ3n) is 3.82. The van der Waals surface area contributed by atoms with Gasteiger partial charge in [-0.25, -0.2) is 9.67 Å². The van der Waals surface area contributed by atoms with E-state index in [0.29, 0.717) is 5.69 Å². The van der Waals surface area contributed by atoms with E-state index in [4.69, 9.17) is 0 Å². The molecule has 0 fully saturated rings. The molecule has 0 aliphatic rings. The third-order valence-corrected chi connectivity index (χ3v) is 4.71. The number of hydrogen-bond acceptors (Lipinski definition) is 5. The fourth-order valence-corrected chi connectivity index (χ4v) is 2.93. The van der Waals surface area contributed by atoms with Crippen LogP contribution in [0.3, 0.4) is 0 Å². The van der Waals surface area contributed by atoms with E-state index in [9.17, 15) is 9.90 Å². The highest BCUT2D eigenvalue weighted by atomic mass is 32.1. The van der Waals surface area contributed by atoms with E-state index in [-0.39, 0.29) is 18.6 Å². The molecule has 2 heterocycles. The molecule has 124 valence electrons. The lowest BCUT2D eigenvalue weighted by molar-refractivity contribution is 0.0677. The number of amides is 1. The Labute approximate surface area is 144 Å². The van der Waals surface area contributed by atoms with E-state index in [1.807, 2.05) is 36.5 Å². The van der Waals surface area contributed by atoms with Crippen molar-refractivity contribution in [1.82, 2.24) is 19.7 Å². The summed E-state index contributed by atoms with van der Waals surface area (Å²) in [6.07, 6.45) is 3.63. The zero-order valence-corrected chi connectivity index (χ0v) is 14.3. The molecule has 0 bridgehead atoms. The Morgan fingerprint density at radius 1 is 1.38 bits per heavy atom. The fraction of sp³-hybridized carbons (Fsp3) is 0.235. The van der Waals surface area contributed by atoms with Crippen LogP contribution < -0.4 is 0 Å². The van der Waals surface area contributed by atoms with Gasteiger partial charge in [0.1, 0.15) is 10.7 Å². The lowest BCUT2D eigenvalue weighted by Crippen LogP contribution is -2.37. The predicted octanol–water partition coefficient (Wildman–Crippen LogP) is 2.45. The summed E-state index contributed by atoms with van der Waals surface area (Å²) >= 11 is 1.40. The maximum absolute atomic E-state index is 12.4. The molecule has 2 aromatic heterocycles. The summed E-state index contributed by atoms with van der Waals surface area (Å²) in [6.45, 7) is 1.71. The Balaban J connectivity index is 1.81. The molecule has 3 aromatic rings. The van der Waals surface area contributed by atoms with Gasteiger partial charge in [-0.2, -0.15) is 5.10 Å². The standard InChI is InChI=1S/C17H18N4O2S/c1-12(10-22)20(2)17(23)15-11-24-16(19-15)13-8-18-21(9-13)14-6-4-3-5-7-14/h3-9,11-12,22H,10H2,1-2H3. The van der Waals surface area contributed by atoms with E-state index in [0.717, 1.165) is 16.3 Å². The van der Waals surface area contributed by atoms with Crippen LogP contribution in [0.1, 0.15) is 17.4 Å². The van der Waals surface area contributed by atoms with Crippen molar-refractivity contribution in [3.05, 3.63) is 53.8 Å². The molecule has 7 heteroatoms. The van der Waals surface area contributed by atoms with Crippen LogP contribution in [0.4, 0.5) is 0 Å². The minimum atomic E-state index is -0.247. The van der Waals surface area contributed by atoms with E-state index in [1.54, 1.807) is 30.2 Å². The van der Waals surface area contributed by atoms with Gasteiger partial charge in [-0.15, -0.1) is 11.3 Å². The number of aliphatic hydroxyl groups excluding tert-OH is 1. The largest absolute Gasteiger partial charge is 0.394 e. The van der Waals surface area contributed by atoms with Crippen LogP contribution in [0, 0.1) is 0 Å². The molecule has 1 unspecified atom stereocenters. The Bertz CT molecular complexity index is 828. The van der Waals surface area contributed by atoms with Crippen molar-refractivity contribution in [2.24, 2.45) is 0 Å². The molecular formula is C17H18N4O2S. The number of likely N-dealkylation sites (N-methyl/N-ethyl adjacent to an activating group) is 1. The van der Waals surface area contributed by atoms with Crippen molar-refractivity contribution < 1.29 is 9.90 Å². The van der Waals surface area contributed by atoms with Crippen molar-refractivity contribution in [2.45, 2.75) is 13.0 Å². The quantitative estimate of drug-likeness (QED) is 0.773. The molecule has 0 saturated carbocycles. The number of para-hydroxylation sites is 1.